The molecule has 3 aliphatic heterocycles. The number of ether oxygens (including phenoxy) is 1. The Morgan fingerprint density at radius 3 is 2.64 bits per heavy atom. The van der Waals surface area contributed by atoms with Crippen molar-refractivity contribution in [2.24, 2.45) is 5.73 Å². The van der Waals surface area contributed by atoms with Gasteiger partial charge in [-0.15, -0.1) is 0 Å². The number of benzene rings is 1. The lowest BCUT2D eigenvalue weighted by atomic mass is 10.1. The molecule has 0 aliphatic carbocycles. The first-order valence-electron chi connectivity index (χ1n) is 7.19. The van der Waals surface area contributed by atoms with E-state index in [0.29, 0.717) is 6.61 Å². The molecule has 0 saturated carbocycles. The van der Waals surface area contributed by atoms with E-state index in [4.69, 9.17) is 10.5 Å². The number of carbonyl (C=O) groups is 3. The maximum absolute atomic E-state index is 12.8. The van der Waals surface area contributed by atoms with Crippen molar-refractivity contribution in [3.05, 3.63) is 35.4 Å². The first-order valence-corrected chi connectivity index (χ1v) is 7.19. The van der Waals surface area contributed by atoms with Gasteiger partial charge in [-0.05, 0) is 19.1 Å². The van der Waals surface area contributed by atoms with Crippen LogP contribution in [-0.4, -0.2) is 52.1 Å². The van der Waals surface area contributed by atoms with Crippen LogP contribution in [0.1, 0.15) is 34.1 Å². The highest BCUT2D eigenvalue weighted by Gasteiger charge is 2.86. The molecule has 0 radical (unpaired) electrons. The number of carbonyl (C=O) groups excluding carboxylic acids is 3. The number of amides is 3. The summed E-state index contributed by atoms with van der Waals surface area (Å²) in [5, 5.41) is 0. The minimum atomic E-state index is -0.638. The molecule has 3 atom stereocenters. The summed E-state index contributed by atoms with van der Waals surface area (Å²) in [4.78, 5) is 39.4. The molecule has 0 aromatic heterocycles. The van der Waals surface area contributed by atoms with Crippen LogP contribution >= 0.6 is 0 Å². The van der Waals surface area contributed by atoms with Crippen LogP contribution in [0.5, 0.6) is 0 Å². The van der Waals surface area contributed by atoms with Gasteiger partial charge in [0.15, 0.2) is 5.66 Å². The van der Waals surface area contributed by atoms with Crippen LogP contribution in [0.3, 0.4) is 0 Å². The zero-order valence-electron chi connectivity index (χ0n) is 12.0. The average Bonchev–Trinajstić information content (AvgIpc) is 3.35. The van der Waals surface area contributed by atoms with Crippen LogP contribution < -0.4 is 5.73 Å². The Labute approximate surface area is 126 Å². The maximum atomic E-state index is 12.8. The molecule has 7 nitrogen and oxygen atoms in total. The summed E-state index contributed by atoms with van der Waals surface area (Å²) >= 11 is 0. The minimum Gasteiger partial charge on any atom is -0.449 e. The molecule has 1 aromatic carbocycles. The largest absolute Gasteiger partial charge is 0.449 e. The van der Waals surface area contributed by atoms with Crippen molar-refractivity contribution in [3.8, 4) is 0 Å². The molecule has 0 bridgehead atoms. The first-order chi connectivity index (χ1) is 10.5. The van der Waals surface area contributed by atoms with E-state index >= 15 is 0 Å². The number of hydrogen-bond donors (Lipinski definition) is 1. The standard InChI is InChI=1S/C15H15N3O4/c1-8-15(11-6-7-22-14(21)18(11)15)17(8)13(20)10-5-3-2-4-9(10)12(16)19/h2-5,8,11H,6-7H2,1H3,(H2,16,19)/t8?,11-,15-,17?,18?/m0/s1. The molecule has 4 rings (SSSR count). The van der Waals surface area contributed by atoms with Crippen LogP contribution in [-0.2, 0) is 4.74 Å². The second-order valence-corrected chi connectivity index (χ2v) is 5.83. The summed E-state index contributed by atoms with van der Waals surface area (Å²) in [7, 11) is 0. The molecule has 2 N–H and O–H groups in total. The molecule has 114 valence electrons. The number of nitrogens with zero attached hydrogens (tertiary/aromatic N) is 2. The summed E-state index contributed by atoms with van der Waals surface area (Å²) in [5.74, 6) is -0.912. The molecule has 7 heteroatoms. The zero-order valence-corrected chi connectivity index (χ0v) is 12.0. The lowest BCUT2D eigenvalue weighted by molar-refractivity contribution is 0.0843. The van der Waals surface area contributed by atoms with E-state index in [1.165, 1.54) is 6.07 Å². The first kappa shape index (κ1) is 13.1. The fourth-order valence-corrected chi connectivity index (χ4v) is 3.84. The number of rotatable bonds is 2. The third-order valence-electron chi connectivity index (χ3n) is 4.90. The molecule has 3 heterocycles. The van der Waals surface area contributed by atoms with E-state index in [-0.39, 0.29) is 35.2 Å². The summed E-state index contributed by atoms with van der Waals surface area (Å²) in [6.45, 7) is 2.28. The lowest BCUT2D eigenvalue weighted by Gasteiger charge is -2.10. The predicted molar refractivity (Wildman–Crippen MR) is 74.9 cm³/mol. The van der Waals surface area contributed by atoms with E-state index in [2.05, 4.69) is 0 Å². The van der Waals surface area contributed by atoms with Crippen molar-refractivity contribution in [1.82, 2.24) is 9.80 Å². The van der Waals surface area contributed by atoms with Crippen LogP contribution in [0.2, 0.25) is 0 Å². The minimum absolute atomic E-state index is 0.0217. The van der Waals surface area contributed by atoms with Gasteiger partial charge in [0, 0.05) is 6.42 Å². The smallest absolute Gasteiger partial charge is 0.412 e. The highest BCUT2D eigenvalue weighted by atomic mass is 16.6. The number of hydrogen-bond acceptors (Lipinski definition) is 4. The van der Waals surface area contributed by atoms with Gasteiger partial charge in [0.2, 0.25) is 5.91 Å². The molecule has 3 amide bonds. The Hall–Kier alpha value is -2.57. The highest BCUT2D eigenvalue weighted by Crippen LogP contribution is 2.63. The van der Waals surface area contributed by atoms with Crippen molar-refractivity contribution < 1.29 is 19.1 Å². The van der Waals surface area contributed by atoms with Crippen molar-refractivity contribution in [2.75, 3.05) is 6.61 Å². The third-order valence-corrected chi connectivity index (χ3v) is 4.90. The Kier molecular flexibility index (Phi) is 2.38. The number of primary amides is 1. The van der Waals surface area contributed by atoms with E-state index in [9.17, 15) is 14.4 Å². The van der Waals surface area contributed by atoms with Gasteiger partial charge in [-0.1, -0.05) is 12.1 Å². The van der Waals surface area contributed by atoms with Crippen molar-refractivity contribution >= 4 is 17.9 Å². The summed E-state index contributed by atoms with van der Waals surface area (Å²) in [5.41, 5.74) is 5.25. The van der Waals surface area contributed by atoms with Crippen LogP contribution in [0.4, 0.5) is 4.79 Å². The van der Waals surface area contributed by atoms with Gasteiger partial charge in [0.05, 0.1) is 29.8 Å². The molecule has 22 heavy (non-hydrogen) atoms. The number of fused-ring (bicyclic) bond motifs is 3. The summed E-state index contributed by atoms with van der Waals surface area (Å²) < 4.78 is 5.03. The summed E-state index contributed by atoms with van der Waals surface area (Å²) in [6, 6.07) is 6.40. The maximum Gasteiger partial charge on any atom is 0.412 e. The fraction of sp³-hybridized carbons (Fsp3) is 0.400. The van der Waals surface area contributed by atoms with E-state index < -0.39 is 11.6 Å². The monoisotopic (exact) mass is 301 g/mol. The normalized spacial score (nSPS) is 31.6. The molecular formula is C15H15N3O4. The van der Waals surface area contributed by atoms with E-state index in [1.54, 1.807) is 28.0 Å². The Balaban J connectivity index is 1.66. The van der Waals surface area contributed by atoms with Gasteiger partial charge < -0.3 is 15.4 Å². The molecule has 1 unspecified atom stereocenters. The SMILES string of the molecule is CC1N(C(=O)c2ccccc2C(N)=O)[C@@]12[C@@H]1CCOC(=O)N12. The van der Waals surface area contributed by atoms with Gasteiger partial charge in [-0.25, -0.2) is 4.79 Å². The lowest BCUT2D eigenvalue weighted by Crippen LogP contribution is -2.24. The zero-order chi connectivity index (χ0) is 15.6. The van der Waals surface area contributed by atoms with E-state index in [0.717, 1.165) is 6.42 Å². The number of nitrogens with two attached hydrogens (primary N) is 1. The van der Waals surface area contributed by atoms with Gasteiger partial charge >= 0.3 is 6.09 Å². The van der Waals surface area contributed by atoms with Crippen molar-refractivity contribution in [3.63, 3.8) is 0 Å². The number of cyclic esters (lactones) is 1. The Morgan fingerprint density at radius 1 is 1.32 bits per heavy atom. The van der Waals surface area contributed by atoms with Crippen LogP contribution in [0.25, 0.3) is 0 Å². The highest BCUT2D eigenvalue weighted by molar-refractivity contribution is 6.08. The summed E-state index contributed by atoms with van der Waals surface area (Å²) in [6.07, 6.45) is 0.346. The molecule has 3 fully saturated rings. The van der Waals surface area contributed by atoms with Gasteiger partial charge in [-0.3, -0.25) is 14.5 Å². The Bertz CT molecular complexity index is 718. The second-order valence-electron chi connectivity index (χ2n) is 5.83. The fourth-order valence-electron chi connectivity index (χ4n) is 3.84. The van der Waals surface area contributed by atoms with E-state index in [1.807, 2.05) is 6.92 Å². The molecule has 3 aliphatic rings. The second kappa shape index (κ2) is 4.00. The van der Waals surface area contributed by atoms with Crippen LogP contribution in [0, 0.1) is 0 Å². The topological polar surface area (TPSA) is 92.5 Å². The molecule has 1 aromatic rings. The average molecular weight is 301 g/mol. The molecule has 3 saturated heterocycles. The van der Waals surface area contributed by atoms with Crippen molar-refractivity contribution in [2.45, 2.75) is 31.1 Å². The Morgan fingerprint density at radius 2 is 2.00 bits per heavy atom. The van der Waals surface area contributed by atoms with Crippen LogP contribution in [0.15, 0.2) is 24.3 Å². The van der Waals surface area contributed by atoms with Crippen molar-refractivity contribution in [1.29, 1.82) is 0 Å². The molecule has 1 spiro atoms. The van der Waals surface area contributed by atoms with Gasteiger partial charge in [-0.2, -0.15) is 0 Å². The molecular weight excluding hydrogens is 286 g/mol. The predicted octanol–water partition coefficient (Wildman–Crippen LogP) is 0.551. The quantitative estimate of drug-likeness (QED) is 0.807. The van der Waals surface area contributed by atoms with Gasteiger partial charge in [0.1, 0.15) is 0 Å². The van der Waals surface area contributed by atoms with Gasteiger partial charge in [0.25, 0.3) is 5.91 Å². The third kappa shape index (κ3) is 1.38.